The zero-order valence-corrected chi connectivity index (χ0v) is 22.0. The van der Waals surface area contributed by atoms with Crippen LogP contribution in [0.2, 0.25) is 5.02 Å². The second-order valence-corrected chi connectivity index (χ2v) is 9.81. The Labute approximate surface area is 224 Å². The Morgan fingerprint density at radius 2 is 1.95 bits per heavy atom. The van der Waals surface area contributed by atoms with Crippen LogP contribution in [0.15, 0.2) is 53.5 Å². The summed E-state index contributed by atoms with van der Waals surface area (Å²) in [5.74, 6) is -1.64. The molecule has 2 heterocycles. The van der Waals surface area contributed by atoms with Crippen molar-refractivity contribution >= 4 is 29.1 Å². The Hall–Kier alpha value is -3.53. The predicted molar refractivity (Wildman–Crippen MR) is 143 cm³/mol. The number of carbonyl (C=O) groups is 2. The number of anilines is 1. The highest BCUT2D eigenvalue weighted by Crippen LogP contribution is 2.36. The average molecular weight is 542 g/mol. The van der Waals surface area contributed by atoms with E-state index < -0.39 is 29.2 Å². The number of primary amides is 1. The molecule has 1 aromatic heterocycles. The van der Waals surface area contributed by atoms with Gasteiger partial charge in [0.05, 0.1) is 23.8 Å². The van der Waals surface area contributed by atoms with E-state index in [-0.39, 0.29) is 35.8 Å². The normalized spacial score (nSPS) is 16.4. The topological polar surface area (TPSA) is 113 Å². The maximum Gasteiger partial charge on any atom is 0.251 e. The molecule has 2 aromatic carbocycles. The number of methoxy groups -OCH3 is 1. The number of nitrogens with zero attached hydrogens (tertiary/aromatic N) is 1. The molecule has 1 aliphatic rings. The van der Waals surface area contributed by atoms with Gasteiger partial charge in [-0.2, -0.15) is 0 Å². The van der Waals surface area contributed by atoms with Crippen LogP contribution >= 0.6 is 11.6 Å². The number of amides is 2. The third-order valence-electron chi connectivity index (χ3n) is 6.68. The van der Waals surface area contributed by atoms with Gasteiger partial charge in [-0.15, -0.1) is 0 Å². The van der Waals surface area contributed by atoms with Gasteiger partial charge < -0.3 is 25.1 Å². The number of hydrogen-bond acceptors (Lipinski definition) is 5. The third kappa shape index (κ3) is 5.80. The first-order chi connectivity index (χ1) is 18.1. The van der Waals surface area contributed by atoms with Crippen LogP contribution in [0.4, 0.5) is 10.1 Å². The molecule has 3 aromatic rings. The minimum Gasteiger partial charge on any atom is -0.382 e. The minimum atomic E-state index is -0.954. The molecule has 2 amide bonds. The van der Waals surface area contributed by atoms with Gasteiger partial charge in [-0.05, 0) is 61.7 Å². The first-order valence-corrected chi connectivity index (χ1v) is 12.5. The van der Waals surface area contributed by atoms with Crippen LogP contribution in [0.25, 0.3) is 11.1 Å². The lowest BCUT2D eigenvalue weighted by atomic mass is 9.92. The Morgan fingerprint density at radius 3 is 2.61 bits per heavy atom. The zero-order chi connectivity index (χ0) is 27.6. The van der Waals surface area contributed by atoms with Crippen molar-refractivity contribution in [1.82, 2.24) is 4.57 Å². The Bertz CT molecular complexity index is 1420. The molecular weight excluding hydrogens is 513 g/mol. The molecule has 0 aliphatic carbocycles. The maximum atomic E-state index is 15.3. The second kappa shape index (κ2) is 11.5. The van der Waals surface area contributed by atoms with Crippen LogP contribution in [0, 0.1) is 5.82 Å². The molecule has 10 heteroatoms. The van der Waals surface area contributed by atoms with Crippen LogP contribution < -0.4 is 16.6 Å². The molecule has 0 radical (unpaired) electrons. The zero-order valence-electron chi connectivity index (χ0n) is 21.3. The number of aromatic nitrogens is 1. The quantitative estimate of drug-likeness (QED) is 0.458. The first kappa shape index (κ1) is 27.5. The van der Waals surface area contributed by atoms with Crippen molar-refractivity contribution in [3.05, 3.63) is 86.5 Å². The molecule has 38 heavy (non-hydrogen) atoms. The highest BCUT2D eigenvalue weighted by Gasteiger charge is 2.28. The molecule has 8 nitrogen and oxygen atoms in total. The molecule has 0 spiro atoms. The number of halogens is 2. The van der Waals surface area contributed by atoms with E-state index in [0.717, 1.165) is 0 Å². The van der Waals surface area contributed by atoms with Crippen molar-refractivity contribution in [1.29, 1.82) is 0 Å². The lowest BCUT2D eigenvalue weighted by Crippen LogP contribution is -2.35. The van der Waals surface area contributed by atoms with E-state index in [1.165, 1.54) is 35.9 Å². The molecule has 3 N–H and O–H groups in total. The van der Waals surface area contributed by atoms with E-state index >= 15 is 4.39 Å². The van der Waals surface area contributed by atoms with Gasteiger partial charge in [-0.25, -0.2) is 4.39 Å². The fourth-order valence-electron chi connectivity index (χ4n) is 4.54. The summed E-state index contributed by atoms with van der Waals surface area (Å²) in [5.41, 5.74) is 7.41. The van der Waals surface area contributed by atoms with E-state index in [2.05, 4.69) is 5.32 Å². The van der Waals surface area contributed by atoms with Crippen molar-refractivity contribution in [2.45, 2.75) is 51.5 Å². The van der Waals surface area contributed by atoms with Crippen LogP contribution in [-0.2, 0) is 27.3 Å². The number of ether oxygens (including phenoxy) is 2. The summed E-state index contributed by atoms with van der Waals surface area (Å²) in [7, 11) is 1.52. The number of carbonyl (C=O) groups excluding carboxylic acids is 2. The van der Waals surface area contributed by atoms with Gasteiger partial charge in [0, 0.05) is 48.2 Å². The number of rotatable bonds is 7. The van der Waals surface area contributed by atoms with Gasteiger partial charge >= 0.3 is 0 Å². The summed E-state index contributed by atoms with van der Waals surface area (Å²) < 4.78 is 27.9. The summed E-state index contributed by atoms with van der Waals surface area (Å²) in [4.78, 5) is 38.3. The molecule has 0 bridgehead atoms. The Balaban J connectivity index is 1.78. The average Bonchev–Trinajstić information content (AvgIpc) is 2.88. The van der Waals surface area contributed by atoms with Crippen molar-refractivity contribution in [2.24, 2.45) is 5.73 Å². The van der Waals surface area contributed by atoms with Gasteiger partial charge in [0.25, 0.3) is 5.56 Å². The lowest BCUT2D eigenvalue weighted by Gasteiger charge is -2.26. The summed E-state index contributed by atoms with van der Waals surface area (Å²) in [5, 5.41) is 2.75. The molecule has 0 unspecified atom stereocenters. The number of nitrogens with two attached hydrogens (primary N) is 1. The lowest BCUT2D eigenvalue weighted by molar-refractivity contribution is -0.120. The van der Waals surface area contributed by atoms with E-state index in [1.807, 2.05) is 6.92 Å². The van der Waals surface area contributed by atoms with Crippen molar-refractivity contribution < 1.29 is 23.5 Å². The van der Waals surface area contributed by atoms with E-state index in [9.17, 15) is 14.4 Å². The third-order valence-corrected chi connectivity index (χ3v) is 6.97. The summed E-state index contributed by atoms with van der Waals surface area (Å²) in [6.45, 7) is 3.79. The fraction of sp³-hybridized carbons (Fsp3) is 0.321. The number of pyridine rings is 1. The van der Waals surface area contributed by atoms with Crippen LogP contribution in [0.1, 0.15) is 47.8 Å². The van der Waals surface area contributed by atoms with Gasteiger partial charge in [0.15, 0.2) is 0 Å². The number of fused-ring (bicyclic) bond motifs is 3. The van der Waals surface area contributed by atoms with E-state index in [1.54, 1.807) is 31.3 Å². The molecule has 200 valence electrons. The minimum absolute atomic E-state index is 0.0402. The van der Waals surface area contributed by atoms with Crippen LogP contribution in [0.3, 0.4) is 0 Å². The van der Waals surface area contributed by atoms with E-state index in [0.29, 0.717) is 34.4 Å². The highest BCUT2D eigenvalue weighted by atomic mass is 35.5. The van der Waals surface area contributed by atoms with Crippen molar-refractivity contribution in [3.63, 3.8) is 0 Å². The first-order valence-electron chi connectivity index (χ1n) is 12.2. The molecule has 0 saturated carbocycles. The summed E-state index contributed by atoms with van der Waals surface area (Å²) >= 11 is 6.10. The van der Waals surface area contributed by atoms with Gasteiger partial charge in [0.2, 0.25) is 11.8 Å². The fourth-order valence-corrected chi connectivity index (χ4v) is 4.69. The molecule has 4 rings (SSSR count). The predicted octanol–water partition coefficient (Wildman–Crippen LogP) is 4.47. The number of benzene rings is 2. The van der Waals surface area contributed by atoms with Gasteiger partial charge in [-0.1, -0.05) is 17.7 Å². The van der Waals surface area contributed by atoms with Gasteiger partial charge in [-0.3, -0.25) is 14.4 Å². The number of hydrogen-bond donors (Lipinski definition) is 2. The van der Waals surface area contributed by atoms with Crippen molar-refractivity contribution in [2.75, 3.05) is 12.4 Å². The molecular formula is C28H29ClFN3O5. The number of nitrogens with one attached hydrogen (secondary N) is 1. The van der Waals surface area contributed by atoms with Crippen molar-refractivity contribution in [3.8, 4) is 11.1 Å². The molecule has 0 saturated heterocycles. The molecule has 0 fully saturated rings. The van der Waals surface area contributed by atoms with E-state index in [4.69, 9.17) is 26.8 Å². The SMILES string of the molecule is CO[C@@H](C)C[C@@H](C(=O)Nc1ccc(C(N)=O)cc1)n1cc2c(cc1=O)-c1c(ccc(Cl)c1F)C[C@@H](C)OC2. The second-order valence-electron chi connectivity index (χ2n) is 9.41. The van der Waals surface area contributed by atoms with Crippen LogP contribution in [0.5, 0.6) is 0 Å². The Kier molecular flexibility index (Phi) is 8.30. The standard InChI is InChI=1S/C28H29ClFN3O5/c1-15(37-3)11-23(28(36)32-20-7-4-17(5-8-20)27(31)35)33-13-19-14-38-16(2)10-18-6-9-22(29)26(30)25(18)21(19)12-24(33)34/h4-9,12-13,15-16,23H,10-11,14H2,1-3H3,(H2,31,35)(H,32,36)/t15-,16+,23-/m0/s1. The van der Waals surface area contributed by atoms with Gasteiger partial charge in [0.1, 0.15) is 11.9 Å². The van der Waals surface area contributed by atoms with Crippen LogP contribution in [-0.4, -0.2) is 35.7 Å². The smallest absolute Gasteiger partial charge is 0.251 e. The Morgan fingerprint density at radius 1 is 1.24 bits per heavy atom. The molecule has 1 aliphatic heterocycles. The highest BCUT2D eigenvalue weighted by molar-refractivity contribution is 6.31. The largest absolute Gasteiger partial charge is 0.382 e. The summed E-state index contributed by atoms with van der Waals surface area (Å²) in [6, 6.07) is 9.70. The monoisotopic (exact) mass is 541 g/mol. The maximum absolute atomic E-state index is 15.3. The summed E-state index contributed by atoms with van der Waals surface area (Å²) in [6.07, 6.45) is 1.62. The molecule has 3 atom stereocenters.